The Morgan fingerprint density at radius 3 is 2.63 bits per heavy atom. The van der Waals surface area contributed by atoms with E-state index in [4.69, 9.17) is 20.5 Å². The number of benzene rings is 2. The van der Waals surface area contributed by atoms with E-state index in [2.05, 4.69) is 10.1 Å². The van der Waals surface area contributed by atoms with Gasteiger partial charge in [0.1, 0.15) is 5.76 Å². The third-order valence-electron chi connectivity index (χ3n) is 4.14. The molecule has 0 atom stereocenters. The maximum absolute atomic E-state index is 6.19. The van der Waals surface area contributed by atoms with E-state index in [1.807, 2.05) is 67.6 Å². The third-order valence-corrected chi connectivity index (χ3v) is 5.52. The van der Waals surface area contributed by atoms with Gasteiger partial charge < -0.3 is 8.94 Å². The molecule has 0 radical (unpaired) electrons. The Morgan fingerprint density at radius 1 is 0.963 bits per heavy atom. The number of thioether (sulfide) groups is 1. The fourth-order valence-corrected chi connectivity index (χ4v) is 3.92. The molecule has 0 aliphatic carbocycles. The van der Waals surface area contributed by atoms with Crippen molar-refractivity contribution >= 4 is 23.4 Å². The first-order chi connectivity index (χ1) is 13.2. The summed E-state index contributed by atoms with van der Waals surface area (Å²) in [6, 6.07) is 19.6. The second-order valence-corrected chi connectivity index (χ2v) is 7.48. The Hall–Kier alpha value is -2.50. The van der Waals surface area contributed by atoms with Gasteiger partial charge in [0.2, 0.25) is 5.82 Å². The molecule has 0 saturated heterocycles. The fraction of sp³-hybridized carbons (Fsp3) is 0.143. The summed E-state index contributed by atoms with van der Waals surface area (Å²) in [6.45, 7) is 2.02. The molecule has 2 heterocycles. The minimum absolute atomic E-state index is 0.385. The van der Waals surface area contributed by atoms with Gasteiger partial charge in [-0.3, -0.25) is 0 Å². The van der Waals surface area contributed by atoms with Crippen LogP contribution in [0.25, 0.3) is 23.0 Å². The molecule has 6 heteroatoms. The number of furan rings is 1. The zero-order valence-corrected chi connectivity index (χ0v) is 16.3. The molecule has 27 heavy (non-hydrogen) atoms. The first kappa shape index (κ1) is 17.9. The predicted octanol–water partition coefficient (Wildman–Crippen LogP) is 6.39. The predicted molar refractivity (Wildman–Crippen MR) is 109 cm³/mol. The molecule has 4 aromatic rings. The summed E-state index contributed by atoms with van der Waals surface area (Å²) in [7, 11) is 0. The van der Waals surface area contributed by atoms with Crippen LogP contribution >= 0.6 is 23.4 Å². The van der Waals surface area contributed by atoms with Gasteiger partial charge >= 0.3 is 0 Å². The molecule has 0 aliphatic heterocycles. The minimum atomic E-state index is 0.385. The first-order valence-corrected chi connectivity index (χ1v) is 10.0. The molecule has 136 valence electrons. The molecule has 0 aliphatic rings. The number of hydrogen-bond acceptors (Lipinski definition) is 5. The van der Waals surface area contributed by atoms with Crippen molar-refractivity contribution in [2.45, 2.75) is 18.4 Å². The second-order valence-electron chi connectivity index (χ2n) is 6.09. The van der Waals surface area contributed by atoms with Crippen LogP contribution in [0.5, 0.6) is 0 Å². The highest BCUT2D eigenvalue weighted by Crippen LogP contribution is 2.28. The summed E-state index contributed by atoms with van der Waals surface area (Å²) in [6.07, 6.45) is 0. The Labute approximate surface area is 166 Å². The maximum atomic E-state index is 6.19. The van der Waals surface area contributed by atoms with Crippen molar-refractivity contribution < 1.29 is 8.94 Å². The van der Waals surface area contributed by atoms with Crippen molar-refractivity contribution in [3.05, 3.63) is 82.6 Å². The van der Waals surface area contributed by atoms with Crippen molar-refractivity contribution in [2.75, 3.05) is 0 Å². The Bertz CT molecular complexity index is 1060. The normalized spacial score (nSPS) is 11.0. The molecule has 4 nitrogen and oxygen atoms in total. The summed E-state index contributed by atoms with van der Waals surface area (Å²) >= 11 is 7.93. The van der Waals surface area contributed by atoms with Crippen molar-refractivity contribution in [1.82, 2.24) is 10.1 Å². The van der Waals surface area contributed by atoms with Crippen molar-refractivity contribution in [2.24, 2.45) is 0 Å². The Kier molecular flexibility index (Phi) is 5.32. The largest absolute Gasteiger partial charge is 0.455 e. The molecule has 0 fully saturated rings. The van der Waals surface area contributed by atoms with Gasteiger partial charge in [-0.15, -0.1) is 11.8 Å². The molecular weight excluding hydrogens is 380 g/mol. The molecule has 0 unspecified atom stereocenters. The van der Waals surface area contributed by atoms with Gasteiger partial charge in [0.25, 0.3) is 5.89 Å². The van der Waals surface area contributed by atoms with E-state index < -0.39 is 0 Å². The zero-order chi connectivity index (χ0) is 18.6. The number of aryl methyl sites for hydroxylation is 1. The van der Waals surface area contributed by atoms with Crippen molar-refractivity contribution in [1.29, 1.82) is 0 Å². The quantitative estimate of drug-likeness (QED) is 0.378. The maximum Gasteiger partial charge on any atom is 0.293 e. The number of rotatable bonds is 6. The number of nitrogens with zero attached hydrogens (tertiary/aromatic N) is 2. The molecular formula is C21H17ClN2O2S. The highest BCUT2D eigenvalue weighted by atomic mass is 35.5. The van der Waals surface area contributed by atoms with Crippen LogP contribution in [0.2, 0.25) is 5.02 Å². The highest BCUT2D eigenvalue weighted by molar-refractivity contribution is 7.97. The van der Waals surface area contributed by atoms with E-state index in [9.17, 15) is 0 Å². The van der Waals surface area contributed by atoms with Crippen LogP contribution in [0.15, 0.2) is 69.6 Å². The Balaban J connectivity index is 1.42. The van der Waals surface area contributed by atoms with Gasteiger partial charge in [-0.25, -0.2) is 0 Å². The first-order valence-electron chi connectivity index (χ1n) is 8.50. The number of halogens is 1. The van der Waals surface area contributed by atoms with E-state index in [0.717, 1.165) is 39.0 Å². The average Bonchev–Trinajstić information content (AvgIpc) is 3.33. The molecule has 0 bridgehead atoms. The third kappa shape index (κ3) is 4.10. The zero-order valence-electron chi connectivity index (χ0n) is 14.7. The van der Waals surface area contributed by atoms with Gasteiger partial charge in [0, 0.05) is 16.3 Å². The lowest BCUT2D eigenvalue weighted by Gasteiger charge is -2.02. The molecule has 2 aromatic heterocycles. The van der Waals surface area contributed by atoms with Crippen LogP contribution in [0, 0.1) is 6.92 Å². The lowest BCUT2D eigenvalue weighted by atomic mass is 10.1. The Morgan fingerprint density at radius 2 is 1.78 bits per heavy atom. The molecule has 0 amide bonds. The lowest BCUT2D eigenvalue weighted by Crippen LogP contribution is -1.84. The van der Waals surface area contributed by atoms with Crippen molar-refractivity contribution in [3.8, 4) is 23.0 Å². The highest BCUT2D eigenvalue weighted by Gasteiger charge is 2.15. The summed E-state index contributed by atoms with van der Waals surface area (Å²) in [5, 5.41) is 4.87. The van der Waals surface area contributed by atoms with Gasteiger partial charge in [0.15, 0.2) is 5.76 Å². The minimum Gasteiger partial charge on any atom is -0.455 e. The van der Waals surface area contributed by atoms with Crippen LogP contribution in [-0.2, 0) is 11.5 Å². The van der Waals surface area contributed by atoms with Crippen LogP contribution in [0.3, 0.4) is 0 Å². The summed E-state index contributed by atoms with van der Waals surface area (Å²) in [5.41, 5.74) is 3.17. The van der Waals surface area contributed by atoms with E-state index in [0.29, 0.717) is 17.5 Å². The molecule has 0 N–H and O–H groups in total. The van der Waals surface area contributed by atoms with E-state index in [1.165, 1.54) is 0 Å². The molecule has 0 spiro atoms. The van der Waals surface area contributed by atoms with E-state index in [-0.39, 0.29) is 0 Å². The van der Waals surface area contributed by atoms with Crippen LogP contribution in [0.4, 0.5) is 0 Å². The molecule has 4 rings (SSSR count). The summed E-state index contributed by atoms with van der Waals surface area (Å²) in [5.74, 6) is 3.95. The monoisotopic (exact) mass is 396 g/mol. The topological polar surface area (TPSA) is 52.1 Å². The van der Waals surface area contributed by atoms with E-state index in [1.54, 1.807) is 11.8 Å². The van der Waals surface area contributed by atoms with Gasteiger partial charge in [-0.2, -0.15) is 4.98 Å². The second kappa shape index (κ2) is 8.03. The smallest absolute Gasteiger partial charge is 0.293 e. The average molecular weight is 397 g/mol. The fourth-order valence-electron chi connectivity index (χ4n) is 2.70. The SMILES string of the molecule is Cc1ccccc1-c1noc(-c2ccc(CSCc3ccccc3Cl)o2)n1. The molecule has 2 aromatic carbocycles. The number of aromatic nitrogens is 2. The summed E-state index contributed by atoms with van der Waals surface area (Å²) in [4.78, 5) is 4.47. The lowest BCUT2D eigenvalue weighted by molar-refractivity contribution is 0.413. The van der Waals surface area contributed by atoms with Gasteiger partial charge in [-0.05, 0) is 36.2 Å². The van der Waals surface area contributed by atoms with Crippen LogP contribution in [0.1, 0.15) is 16.9 Å². The van der Waals surface area contributed by atoms with Gasteiger partial charge in [0.05, 0.1) is 5.75 Å². The van der Waals surface area contributed by atoms with E-state index >= 15 is 0 Å². The van der Waals surface area contributed by atoms with Crippen LogP contribution in [-0.4, -0.2) is 10.1 Å². The standard InChI is InChI=1S/C21H17ClN2O2S/c1-14-6-2-4-8-17(14)20-23-21(26-24-20)19-11-10-16(25-19)13-27-12-15-7-3-5-9-18(15)22/h2-11H,12-13H2,1H3. The van der Waals surface area contributed by atoms with Crippen LogP contribution < -0.4 is 0 Å². The molecule has 0 saturated carbocycles. The van der Waals surface area contributed by atoms with Gasteiger partial charge in [-0.1, -0.05) is 59.2 Å². The summed E-state index contributed by atoms with van der Waals surface area (Å²) < 4.78 is 11.3. The van der Waals surface area contributed by atoms with Crippen molar-refractivity contribution in [3.63, 3.8) is 0 Å². The number of hydrogen-bond donors (Lipinski definition) is 0.